The van der Waals surface area contributed by atoms with E-state index in [-0.39, 0.29) is 5.75 Å². The van der Waals surface area contributed by atoms with Crippen molar-refractivity contribution in [3.8, 4) is 5.75 Å². The second-order valence-electron chi connectivity index (χ2n) is 2.04. The van der Waals surface area contributed by atoms with Gasteiger partial charge in [0.25, 0.3) is 0 Å². The average molecular weight is 216 g/mol. The molecule has 58 valence electrons. The molecule has 0 bridgehead atoms. The number of aromatic hydroxyl groups is 1. The summed E-state index contributed by atoms with van der Waals surface area (Å²) in [7, 11) is 0. The van der Waals surface area contributed by atoms with Crippen LogP contribution in [0.1, 0.15) is 0 Å². The average Bonchev–Trinajstić information content (AvgIpc) is 2.05. The maximum absolute atomic E-state index is 10.9. The molecule has 0 aliphatic heterocycles. The fourth-order valence-corrected chi connectivity index (χ4v) is 1.09. The number of halogens is 1. The van der Waals surface area contributed by atoms with Gasteiger partial charge in [0.2, 0.25) is 5.43 Å². The molecule has 3 N–H and O–H groups in total. The van der Waals surface area contributed by atoms with Gasteiger partial charge in [0.1, 0.15) is 0 Å². The maximum Gasteiger partial charge on any atom is 0.221 e. The summed E-state index contributed by atoms with van der Waals surface area (Å²) < 4.78 is 0.310. The van der Waals surface area contributed by atoms with E-state index in [0.29, 0.717) is 10.2 Å². The van der Waals surface area contributed by atoms with E-state index in [2.05, 4.69) is 15.9 Å². The van der Waals surface area contributed by atoms with E-state index in [1.54, 1.807) is 0 Å². The summed E-state index contributed by atoms with van der Waals surface area (Å²) in [6.07, 6.45) is 0. The topological polar surface area (TPSA) is 63.3 Å². The first kappa shape index (κ1) is 8.07. The van der Waals surface area contributed by atoms with Crippen LogP contribution in [0.3, 0.4) is 0 Å². The zero-order valence-corrected chi connectivity index (χ0v) is 7.13. The second kappa shape index (κ2) is 2.92. The van der Waals surface area contributed by atoms with Gasteiger partial charge in [0.15, 0.2) is 5.75 Å². The normalized spacial score (nSPS) is 9.55. The lowest BCUT2D eigenvalue weighted by molar-refractivity contribution is 0.467. The first-order valence-corrected chi connectivity index (χ1v) is 3.69. The smallest absolute Gasteiger partial charge is 0.221 e. The van der Waals surface area contributed by atoms with Crippen molar-refractivity contribution in [3.05, 3.63) is 32.9 Å². The number of anilines is 1. The van der Waals surface area contributed by atoms with E-state index in [0.717, 1.165) is 0 Å². The third-order valence-corrected chi connectivity index (χ3v) is 1.78. The Balaban J connectivity index is 3.56. The van der Waals surface area contributed by atoms with Crippen molar-refractivity contribution in [2.24, 2.45) is 0 Å². The highest BCUT2D eigenvalue weighted by Crippen LogP contribution is 2.19. The SMILES string of the molecule is Nc1ccc(=O)c(O)c(Br)c1. The lowest BCUT2D eigenvalue weighted by atomic mass is 10.4. The zero-order chi connectivity index (χ0) is 8.43. The summed E-state index contributed by atoms with van der Waals surface area (Å²) in [5.41, 5.74) is 5.37. The molecule has 0 saturated heterocycles. The highest BCUT2D eigenvalue weighted by Gasteiger charge is 1.99. The number of rotatable bonds is 0. The molecule has 1 aromatic rings. The van der Waals surface area contributed by atoms with Crippen LogP contribution in [-0.4, -0.2) is 5.11 Å². The van der Waals surface area contributed by atoms with Crippen molar-refractivity contribution >= 4 is 21.6 Å². The van der Waals surface area contributed by atoms with Gasteiger partial charge in [-0.25, -0.2) is 0 Å². The van der Waals surface area contributed by atoms with Gasteiger partial charge in [0.05, 0.1) is 4.47 Å². The molecule has 1 rings (SSSR count). The molecule has 1 aromatic carbocycles. The predicted octanol–water partition coefficient (Wildman–Crippen LogP) is 1.10. The van der Waals surface area contributed by atoms with Crippen LogP contribution < -0.4 is 11.2 Å². The van der Waals surface area contributed by atoms with Crippen molar-refractivity contribution in [1.82, 2.24) is 0 Å². The summed E-state index contributed by atoms with van der Waals surface area (Å²) in [5, 5.41) is 9.08. The molecule has 0 amide bonds. The van der Waals surface area contributed by atoms with Crippen LogP contribution in [0.2, 0.25) is 0 Å². The fourth-order valence-electron chi connectivity index (χ4n) is 0.631. The fraction of sp³-hybridized carbons (Fsp3) is 0. The van der Waals surface area contributed by atoms with Crippen molar-refractivity contribution in [1.29, 1.82) is 0 Å². The van der Waals surface area contributed by atoms with Gasteiger partial charge in [-0.2, -0.15) is 0 Å². The molecule has 0 heterocycles. The van der Waals surface area contributed by atoms with E-state index >= 15 is 0 Å². The molecule has 0 aliphatic rings. The number of nitrogen functional groups attached to an aromatic ring is 1. The van der Waals surface area contributed by atoms with E-state index in [1.165, 1.54) is 18.2 Å². The van der Waals surface area contributed by atoms with Crippen LogP contribution in [0.25, 0.3) is 0 Å². The van der Waals surface area contributed by atoms with E-state index in [1.807, 2.05) is 0 Å². The first-order valence-electron chi connectivity index (χ1n) is 2.89. The van der Waals surface area contributed by atoms with Crippen LogP contribution in [0.15, 0.2) is 27.5 Å². The highest BCUT2D eigenvalue weighted by atomic mass is 79.9. The van der Waals surface area contributed by atoms with Crippen LogP contribution in [-0.2, 0) is 0 Å². The maximum atomic E-state index is 10.9. The highest BCUT2D eigenvalue weighted by molar-refractivity contribution is 9.10. The van der Waals surface area contributed by atoms with Gasteiger partial charge in [-0.1, -0.05) is 0 Å². The zero-order valence-electron chi connectivity index (χ0n) is 5.54. The monoisotopic (exact) mass is 215 g/mol. The standard InChI is InChI=1S/C7H6BrNO2/c8-5-3-4(9)1-2-6(10)7(5)11/h1-3H,9H2,(H,10,11). The Morgan fingerprint density at radius 2 is 2.09 bits per heavy atom. The lowest BCUT2D eigenvalue weighted by Crippen LogP contribution is -1.92. The summed E-state index contributed by atoms with van der Waals surface area (Å²) in [4.78, 5) is 10.9. The Morgan fingerprint density at radius 1 is 1.45 bits per heavy atom. The molecule has 0 spiro atoms. The number of hydrogen-bond donors (Lipinski definition) is 2. The summed E-state index contributed by atoms with van der Waals surface area (Å²) in [5.74, 6) is -0.318. The van der Waals surface area contributed by atoms with Crippen LogP contribution in [0, 0.1) is 0 Å². The van der Waals surface area contributed by atoms with Gasteiger partial charge < -0.3 is 10.8 Å². The first-order chi connectivity index (χ1) is 5.11. The number of hydrogen-bond acceptors (Lipinski definition) is 3. The minimum Gasteiger partial charge on any atom is -0.503 e. The molecule has 0 fully saturated rings. The molecular weight excluding hydrogens is 210 g/mol. The number of nitrogens with two attached hydrogens (primary N) is 1. The molecule has 0 aliphatic carbocycles. The van der Waals surface area contributed by atoms with Gasteiger partial charge in [0, 0.05) is 5.69 Å². The van der Waals surface area contributed by atoms with Gasteiger partial charge in [-0.15, -0.1) is 0 Å². The van der Waals surface area contributed by atoms with Crippen LogP contribution in [0.5, 0.6) is 5.75 Å². The molecule has 3 nitrogen and oxygen atoms in total. The van der Waals surface area contributed by atoms with E-state index in [4.69, 9.17) is 10.8 Å². The Labute approximate surface area is 71.6 Å². The quantitative estimate of drug-likeness (QED) is 0.682. The lowest BCUT2D eigenvalue weighted by Gasteiger charge is -1.86. The summed E-state index contributed by atoms with van der Waals surface area (Å²) in [6, 6.07) is 4.12. The molecule has 11 heavy (non-hydrogen) atoms. The summed E-state index contributed by atoms with van der Waals surface area (Å²) >= 11 is 3.00. The van der Waals surface area contributed by atoms with E-state index < -0.39 is 5.43 Å². The molecule has 4 heteroatoms. The van der Waals surface area contributed by atoms with Gasteiger partial charge >= 0.3 is 0 Å². The third kappa shape index (κ3) is 1.71. The van der Waals surface area contributed by atoms with Crippen molar-refractivity contribution in [3.63, 3.8) is 0 Å². The van der Waals surface area contributed by atoms with Crippen LogP contribution in [0.4, 0.5) is 5.69 Å². The molecule has 0 radical (unpaired) electrons. The largest absolute Gasteiger partial charge is 0.503 e. The Bertz CT molecular complexity index is 338. The van der Waals surface area contributed by atoms with Gasteiger partial charge in [-0.05, 0) is 34.1 Å². The summed E-state index contributed by atoms with van der Waals surface area (Å²) in [6.45, 7) is 0. The van der Waals surface area contributed by atoms with Crippen molar-refractivity contribution in [2.45, 2.75) is 0 Å². The molecule has 0 unspecified atom stereocenters. The minimum absolute atomic E-state index is 0.310. The van der Waals surface area contributed by atoms with Crippen molar-refractivity contribution in [2.75, 3.05) is 5.73 Å². The molecule has 0 aromatic heterocycles. The Morgan fingerprint density at radius 3 is 2.73 bits per heavy atom. The third-order valence-electron chi connectivity index (χ3n) is 1.18. The molecule has 0 atom stereocenters. The van der Waals surface area contributed by atoms with Gasteiger partial charge in [-0.3, -0.25) is 4.79 Å². The Hall–Kier alpha value is -1.03. The Kier molecular flexibility index (Phi) is 2.14. The van der Waals surface area contributed by atoms with E-state index in [9.17, 15) is 4.79 Å². The van der Waals surface area contributed by atoms with Crippen LogP contribution >= 0.6 is 15.9 Å². The predicted molar refractivity (Wildman–Crippen MR) is 46.5 cm³/mol. The molecule has 0 saturated carbocycles. The second-order valence-corrected chi connectivity index (χ2v) is 2.89. The molecular formula is C7H6BrNO2. The minimum atomic E-state index is -0.450. The van der Waals surface area contributed by atoms with Crippen molar-refractivity contribution < 1.29 is 5.11 Å².